The summed E-state index contributed by atoms with van der Waals surface area (Å²) in [5.41, 5.74) is 3.30. The smallest absolute Gasteiger partial charge is 0.150 e. The Morgan fingerprint density at radius 2 is 1.87 bits per heavy atom. The summed E-state index contributed by atoms with van der Waals surface area (Å²) in [5, 5.41) is 0. The van der Waals surface area contributed by atoms with Gasteiger partial charge in [0.05, 0.1) is 0 Å². The van der Waals surface area contributed by atoms with Crippen LogP contribution in [-0.2, 0) is 4.79 Å². The molecule has 0 bridgehead atoms. The highest BCUT2D eigenvalue weighted by molar-refractivity contribution is 5.83. The number of aryl methyl sites for hydroxylation is 1. The molecule has 0 radical (unpaired) electrons. The van der Waals surface area contributed by atoms with Gasteiger partial charge in [0.1, 0.15) is 12.6 Å². The van der Waals surface area contributed by atoms with Crippen LogP contribution in [0.15, 0.2) is 23.8 Å². The van der Waals surface area contributed by atoms with Crippen LogP contribution in [0, 0.1) is 6.92 Å². The number of carbonyl (C=O) groups is 2. The van der Waals surface area contributed by atoms with Gasteiger partial charge in [0.15, 0.2) is 0 Å². The van der Waals surface area contributed by atoms with E-state index in [-0.39, 0.29) is 0 Å². The van der Waals surface area contributed by atoms with E-state index < -0.39 is 0 Å². The van der Waals surface area contributed by atoms with Gasteiger partial charge in [-0.25, -0.2) is 0 Å². The first-order valence-corrected chi connectivity index (χ1v) is 4.92. The monoisotopic (exact) mass is 202 g/mol. The highest BCUT2D eigenvalue weighted by atomic mass is 16.1. The third-order valence-corrected chi connectivity index (χ3v) is 2.17. The number of allylic oxidation sites excluding steroid dienone is 1. The van der Waals surface area contributed by atoms with Crippen molar-refractivity contribution in [2.75, 3.05) is 0 Å². The van der Waals surface area contributed by atoms with Gasteiger partial charge < -0.3 is 0 Å². The van der Waals surface area contributed by atoms with Crippen molar-refractivity contribution in [2.24, 2.45) is 0 Å². The molecule has 0 aromatic heterocycles. The molecule has 0 fully saturated rings. The molecule has 1 rings (SSSR count). The fourth-order valence-corrected chi connectivity index (χ4v) is 1.43. The fraction of sp³-hybridized carbons (Fsp3) is 0.231. The molecule has 78 valence electrons. The van der Waals surface area contributed by atoms with E-state index in [9.17, 15) is 9.59 Å². The first-order valence-electron chi connectivity index (χ1n) is 4.92. The van der Waals surface area contributed by atoms with Crippen molar-refractivity contribution in [3.05, 3.63) is 40.5 Å². The average Bonchev–Trinajstić information content (AvgIpc) is 2.25. The zero-order valence-electron chi connectivity index (χ0n) is 8.99. The molecule has 0 unspecified atom stereocenters. The lowest BCUT2D eigenvalue weighted by atomic mass is 10.0. The van der Waals surface area contributed by atoms with Gasteiger partial charge in [-0.05, 0) is 48.3 Å². The first-order chi connectivity index (χ1) is 7.19. The quantitative estimate of drug-likeness (QED) is 0.555. The Morgan fingerprint density at radius 1 is 1.20 bits per heavy atom. The molecule has 2 nitrogen and oxygen atoms in total. The van der Waals surface area contributed by atoms with Crippen LogP contribution in [0.25, 0.3) is 6.08 Å². The molecule has 0 N–H and O–H groups in total. The standard InChI is InChI=1S/C13H14O2/c1-3-11(8-14)6-12-4-10(2)5-13(7-12)9-15/h4-9H,3H2,1-2H3/b11-6-. The van der Waals surface area contributed by atoms with Crippen LogP contribution in [0.4, 0.5) is 0 Å². The van der Waals surface area contributed by atoms with Crippen LogP contribution in [0.5, 0.6) is 0 Å². The maximum atomic E-state index is 10.6. The second-order valence-corrected chi connectivity index (χ2v) is 3.49. The molecule has 0 aliphatic rings. The van der Waals surface area contributed by atoms with Crippen molar-refractivity contribution < 1.29 is 9.59 Å². The Bertz CT molecular complexity index is 403. The molecule has 2 heteroatoms. The van der Waals surface area contributed by atoms with Crippen molar-refractivity contribution in [2.45, 2.75) is 20.3 Å². The van der Waals surface area contributed by atoms with Gasteiger partial charge in [-0.1, -0.05) is 13.0 Å². The highest BCUT2D eigenvalue weighted by Gasteiger charge is 1.97. The van der Waals surface area contributed by atoms with Gasteiger partial charge in [0, 0.05) is 5.56 Å². The number of aldehydes is 2. The second kappa shape index (κ2) is 5.25. The van der Waals surface area contributed by atoms with Gasteiger partial charge in [0.25, 0.3) is 0 Å². The summed E-state index contributed by atoms with van der Waals surface area (Å²) in [7, 11) is 0. The topological polar surface area (TPSA) is 34.1 Å². The molecule has 0 amide bonds. The van der Waals surface area contributed by atoms with E-state index in [0.29, 0.717) is 12.0 Å². The van der Waals surface area contributed by atoms with E-state index in [4.69, 9.17) is 0 Å². The Morgan fingerprint density at radius 3 is 2.40 bits per heavy atom. The Balaban J connectivity index is 3.14. The van der Waals surface area contributed by atoms with Crippen molar-refractivity contribution in [1.29, 1.82) is 0 Å². The van der Waals surface area contributed by atoms with E-state index in [1.165, 1.54) is 0 Å². The van der Waals surface area contributed by atoms with Crippen LogP contribution in [-0.4, -0.2) is 12.6 Å². The van der Waals surface area contributed by atoms with Gasteiger partial charge in [-0.3, -0.25) is 9.59 Å². The predicted molar refractivity (Wildman–Crippen MR) is 60.9 cm³/mol. The molecule has 1 aromatic carbocycles. The average molecular weight is 202 g/mol. The summed E-state index contributed by atoms with van der Waals surface area (Å²) in [6.07, 6.45) is 4.18. The van der Waals surface area contributed by atoms with Gasteiger partial charge >= 0.3 is 0 Å². The minimum Gasteiger partial charge on any atom is -0.298 e. The molecule has 0 saturated carbocycles. The Hall–Kier alpha value is -1.70. The zero-order valence-corrected chi connectivity index (χ0v) is 8.99. The molecular weight excluding hydrogens is 188 g/mol. The molecule has 0 saturated heterocycles. The van der Waals surface area contributed by atoms with Crippen LogP contribution in [0.2, 0.25) is 0 Å². The van der Waals surface area contributed by atoms with Crippen LogP contribution in [0.1, 0.15) is 34.8 Å². The van der Waals surface area contributed by atoms with E-state index in [1.807, 2.05) is 32.1 Å². The minimum absolute atomic E-state index is 0.641. The van der Waals surface area contributed by atoms with Crippen molar-refractivity contribution in [3.8, 4) is 0 Å². The summed E-state index contributed by atoms with van der Waals surface area (Å²) < 4.78 is 0. The van der Waals surface area contributed by atoms with Crippen LogP contribution >= 0.6 is 0 Å². The second-order valence-electron chi connectivity index (χ2n) is 3.49. The SMILES string of the molecule is CC/C(C=O)=C/c1cc(C)cc(C=O)c1. The Kier molecular flexibility index (Phi) is 3.98. The largest absolute Gasteiger partial charge is 0.298 e. The molecule has 0 heterocycles. The lowest BCUT2D eigenvalue weighted by Gasteiger charge is -2.00. The van der Waals surface area contributed by atoms with Crippen LogP contribution in [0.3, 0.4) is 0 Å². The molecular formula is C13H14O2. The minimum atomic E-state index is 0.641. The molecule has 15 heavy (non-hydrogen) atoms. The van der Waals surface area contributed by atoms with Crippen LogP contribution < -0.4 is 0 Å². The first kappa shape index (κ1) is 11.4. The number of carbonyl (C=O) groups excluding carboxylic acids is 2. The van der Waals surface area contributed by atoms with E-state index >= 15 is 0 Å². The Labute approximate surface area is 89.6 Å². The summed E-state index contributed by atoms with van der Waals surface area (Å²) in [5.74, 6) is 0. The third-order valence-electron chi connectivity index (χ3n) is 2.17. The summed E-state index contributed by atoms with van der Waals surface area (Å²) in [6, 6.07) is 5.54. The van der Waals surface area contributed by atoms with Crippen molar-refractivity contribution in [3.63, 3.8) is 0 Å². The summed E-state index contributed by atoms with van der Waals surface area (Å²) >= 11 is 0. The normalized spacial score (nSPS) is 11.2. The maximum absolute atomic E-state index is 10.6. The number of benzene rings is 1. The fourth-order valence-electron chi connectivity index (χ4n) is 1.43. The van der Waals surface area contributed by atoms with E-state index in [0.717, 1.165) is 29.3 Å². The van der Waals surface area contributed by atoms with Crippen molar-refractivity contribution in [1.82, 2.24) is 0 Å². The number of hydrogen-bond donors (Lipinski definition) is 0. The maximum Gasteiger partial charge on any atom is 0.150 e. The van der Waals surface area contributed by atoms with E-state index in [2.05, 4.69) is 0 Å². The lowest BCUT2D eigenvalue weighted by Crippen LogP contribution is -1.87. The number of hydrogen-bond acceptors (Lipinski definition) is 2. The lowest BCUT2D eigenvalue weighted by molar-refractivity contribution is -0.104. The summed E-state index contributed by atoms with van der Waals surface area (Å²) in [4.78, 5) is 21.3. The molecule has 0 aliphatic heterocycles. The highest BCUT2D eigenvalue weighted by Crippen LogP contribution is 2.12. The van der Waals surface area contributed by atoms with E-state index in [1.54, 1.807) is 6.07 Å². The molecule has 1 aromatic rings. The van der Waals surface area contributed by atoms with Gasteiger partial charge in [-0.15, -0.1) is 0 Å². The van der Waals surface area contributed by atoms with Gasteiger partial charge in [-0.2, -0.15) is 0 Å². The summed E-state index contributed by atoms with van der Waals surface area (Å²) in [6.45, 7) is 3.85. The molecule has 0 atom stereocenters. The van der Waals surface area contributed by atoms with Crippen molar-refractivity contribution >= 4 is 18.6 Å². The number of rotatable bonds is 4. The third kappa shape index (κ3) is 3.17. The predicted octanol–water partition coefficient (Wildman–Crippen LogP) is 2.80. The zero-order chi connectivity index (χ0) is 11.3. The van der Waals surface area contributed by atoms with Gasteiger partial charge in [0.2, 0.25) is 0 Å². The molecule has 0 aliphatic carbocycles. The molecule has 0 spiro atoms.